The summed E-state index contributed by atoms with van der Waals surface area (Å²) < 4.78 is 0. The van der Waals surface area contributed by atoms with Crippen molar-refractivity contribution in [1.29, 1.82) is 0 Å². The third kappa shape index (κ3) is 4.58. The lowest BCUT2D eigenvalue weighted by Gasteiger charge is -2.31. The summed E-state index contributed by atoms with van der Waals surface area (Å²) in [7, 11) is 0. The molecule has 0 spiro atoms. The largest absolute Gasteiger partial charge is 0.393 e. The second-order valence-electron chi connectivity index (χ2n) is 5.10. The average molecular weight is 222 g/mol. The topological polar surface area (TPSA) is 20.2 Å². The van der Waals surface area contributed by atoms with E-state index in [0.29, 0.717) is 5.92 Å². The fraction of sp³-hybridized carbons (Fsp3) is 0.867. The maximum absolute atomic E-state index is 10.0. The van der Waals surface area contributed by atoms with Gasteiger partial charge >= 0.3 is 0 Å². The van der Waals surface area contributed by atoms with Gasteiger partial charge in [-0.1, -0.05) is 32.6 Å². The summed E-state index contributed by atoms with van der Waals surface area (Å²) in [5.41, 5.74) is 0. The molecule has 92 valence electrons. The normalized spacial score (nSPS) is 26.9. The summed E-state index contributed by atoms with van der Waals surface area (Å²) in [6.45, 7) is 4.13. The zero-order chi connectivity index (χ0) is 11.8. The van der Waals surface area contributed by atoms with E-state index in [-0.39, 0.29) is 6.10 Å². The molecule has 0 heterocycles. The summed E-state index contributed by atoms with van der Waals surface area (Å²) in [5.74, 6) is 7.41. The molecule has 0 aromatic rings. The zero-order valence-corrected chi connectivity index (χ0v) is 10.8. The van der Waals surface area contributed by atoms with Gasteiger partial charge in [-0.05, 0) is 38.0 Å². The number of aliphatic hydroxyl groups excluding tert-OH is 1. The van der Waals surface area contributed by atoms with Crippen LogP contribution in [0.15, 0.2) is 0 Å². The van der Waals surface area contributed by atoms with Crippen LogP contribution < -0.4 is 0 Å². The van der Waals surface area contributed by atoms with E-state index in [2.05, 4.69) is 18.8 Å². The molecule has 1 aliphatic rings. The van der Waals surface area contributed by atoms with Crippen molar-refractivity contribution in [2.75, 3.05) is 0 Å². The first-order chi connectivity index (χ1) is 7.77. The average Bonchev–Trinajstić information content (AvgIpc) is 2.30. The van der Waals surface area contributed by atoms with E-state index in [9.17, 15) is 5.11 Å². The van der Waals surface area contributed by atoms with Gasteiger partial charge in [0, 0.05) is 6.42 Å². The van der Waals surface area contributed by atoms with Gasteiger partial charge in [-0.25, -0.2) is 0 Å². The monoisotopic (exact) mass is 222 g/mol. The molecule has 1 aliphatic carbocycles. The van der Waals surface area contributed by atoms with Crippen LogP contribution in [0.1, 0.15) is 65.2 Å². The highest BCUT2D eigenvalue weighted by Gasteiger charge is 2.25. The molecule has 0 aromatic heterocycles. The summed E-state index contributed by atoms with van der Waals surface area (Å²) in [6.07, 6.45) is 9.41. The lowest BCUT2D eigenvalue weighted by molar-refractivity contribution is 0.0669. The highest BCUT2D eigenvalue weighted by molar-refractivity contribution is 4.95. The molecule has 0 bridgehead atoms. The minimum atomic E-state index is -0.108. The molecule has 0 aromatic carbocycles. The zero-order valence-electron chi connectivity index (χ0n) is 10.8. The Morgan fingerprint density at radius 3 is 2.50 bits per heavy atom. The standard InChI is InChI=1S/C15H26O/c1-3-5-6-8-15(16)14-11-9-13(7-4-2)10-12-14/h13-16H,4,6-12H2,1-2H3. The van der Waals surface area contributed by atoms with Crippen LogP contribution in [-0.4, -0.2) is 11.2 Å². The van der Waals surface area contributed by atoms with Gasteiger partial charge in [0.2, 0.25) is 0 Å². The first kappa shape index (κ1) is 13.6. The molecule has 1 atom stereocenters. The van der Waals surface area contributed by atoms with Gasteiger partial charge in [0.05, 0.1) is 6.10 Å². The lowest BCUT2D eigenvalue weighted by Crippen LogP contribution is -2.25. The van der Waals surface area contributed by atoms with Gasteiger partial charge in [0.25, 0.3) is 0 Å². The van der Waals surface area contributed by atoms with Gasteiger partial charge in [-0.2, -0.15) is 0 Å². The third-order valence-corrected chi connectivity index (χ3v) is 3.87. The highest BCUT2D eigenvalue weighted by Crippen LogP contribution is 2.34. The van der Waals surface area contributed by atoms with Crippen LogP contribution in [0.4, 0.5) is 0 Å². The summed E-state index contributed by atoms with van der Waals surface area (Å²) >= 11 is 0. The second-order valence-corrected chi connectivity index (χ2v) is 5.10. The molecule has 1 heteroatoms. The van der Waals surface area contributed by atoms with Crippen molar-refractivity contribution in [2.24, 2.45) is 11.8 Å². The molecule has 1 unspecified atom stereocenters. The molecule has 16 heavy (non-hydrogen) atoms. The van der Waals surface area contributed by atoms with Crippen LogP contribution in [0.25, 0.3) is 0 Å². The van der Waals surface area contributed by atoms with E-state index in [4.69, 9.17) is 0 Å². The fourth-order valence-electron chi connectivity index (χ4n) is 2.85. The summed E-state index contributed by atoms with van der Waals surface area (Å²) in [4.78, 5) is 0. The van der Waals surface area contributed by atoms with Crippen LogP contribution in [0.3, 0.4) is 0 Å². The van der Waals surface area contributed by atoms with Crippen LogP contribution in [0, 0.1) is 23.7 Å². The van der Waals surface area contributed by atoms with Gasteiger partial charge in [-0.3, -0.25) is 0 Å². The summed E-state index contributed by atoms with van der Waals surface area (Å²) in [5, 5.41) is 10.0. The summed E-state index contributed by atoms with van der Waals surface area (Å²) in [6, 6.07) is 0. The Hall–Kier alpha value is -0.480. The third-order valence-electron chi connectivity index (χ3n) is 3.87. The minimum absolute atomic E-state index is 0.108. The van der Waals surface area contributed by atoms with Crippen molar-refractivity contribution in [3.63, 3.8) is 0 Å². The van der Waals surface area contributed by atoms with Gasteiger partial charge in [0.1, 0.15) is 0 Å². The Kier molecular flexibility index (Phi) is 6.57. The maximum Gasteiger partial charge on any atom is 0.0577 e. The first-order valence-corrected chi connectivity index (χ1v) is 6.85. The number of rotatable bonds is 5. The number of aliphatic hydroxyl groups is 1. The molecule has 1 nitrogen and oxygen atoms in total. The predicted molar refractivity (Wildman–Crippen MR) is 69.0 cm³/mol. The van der Waals surface area contributed by atoms with Crippen molar-refractivity contribution in [3.8, 4) is 11.8 Å². The minimum Gasteiger partial charge on any atom is -0.393 e. The Labute approximate surface area is 101 Å². The van der Waals surface area contributed by atoms with Crippen LogP contribution in [-0.2, 0) is 0 Å². The molecular weight excluding hydrogens is 196 g/mol. The van der Waals surface area contributed by atoms with Crippen molar-refractivity contribution in [3.05, 3.63) is 0 Å². The van der Waals surface area contributed by atoms with Gasteiger partial charge in [0.15, 0.2) is 0 Å². The maximum atomic E-state index is 10.0. The van der Waals surface area contributed by atoms with Crippen LogP contribution in [0.5, 0.6) is 0 Å². The molecule has 1 rings (SSSR count). The lowest BCUT2D eigenvalue weighted by atomic mass is 9.77. The van der Waals surface area contributed by atoms with E-state index in [0.717, 1.165) is 18.8 Å². The van der Waals surface area contributed by atoms with Crippen molar-refractivity contribution < 1.29 is 5.11 Å². The molecular formula is C15H26O. The van der Waals surface area contributed by atoms with Crippen molar-refractivity contribution in [1.82, 2.24) is 0 Å². The van der Waals surface area contributed by atoms with Gasteiger partial charge in [-0.15, -0.1) is 11.8 Å². The smallest absolute Gasteiger partial charge is 0.0577 e. The highest BCUT2D eigenvalue weighted by atomic mass is 16.3. The molecule has 1 fully saturated rings. The van der Waals surface area contributed by atoms with Crippen molar-refractivity contribution >= 4 is 0 Å². The van der Waals surface area contributed by atoms with E-state index < -0.39 is 0 Å². The quantitative estimate of drug-likeness (QED) is 0.702. The van der Waals surface area contributed by atoms with E-state index in [1.807, 2.05) is 6.92 Å². The molecule has 1 saturated carbocycles. The molecule has 0 amide bonds. The Balaban J connectivity index is 2.21. The van der Waals surface area contributed by atoms with E-state index >= 15 is 0 Å². The Bertz CT molecular complexity index is 228. The fourth-order valence-corrected chi connectivity index (χ4v) is 2.85. The molecule has 0 radical (unpaired) electrons. The number of hydrogen-bond acceptors (Lipinski definition) is 1. The molecule has 0 saturated heterocycles. The molecule has 0 aliphatic heterocycles. The van der Waals surface area contributed by atoms with Crippen LogP contribution in [0.2, 0.25) is 0 Å². The van der Waals surface area contributed by atoms with Gasteiger partial charge < -0.3 is 5.11 Å². The van der Waals surface area contributed by atoms with Crippen molar-refractivity contribution in [2.45, 2.75) is 71.3 Å². The van der Waals surface area contributed by atoms with Crippen LogP contribution >= 0.6 is 0 Å². The Morgan fingerprint density at radius 1 is 1.25 bits per heavy atom. The Morgan fingerprint density at radius 2 is 1.94 bits per heavy atom. The predicted octanol–water partition coefficient (Wildman–Crippen LogP) is 3.76. The first-order valence-electron chi connectivity index (χ1n) is 6.85. The molecule has 1 N–H and O–H groups in total. The van der Waals surface area contributed by atoms with E-state index in [1.54, 1.807) is 0 Å². The van der Waals surface area contributed by atoms with E-state index in [1.165, 1.54) is 38.5 Å². The second kappa shape index (κ2) is 7.74. The SMILES string of the molecule is CC#CCCC(O)C1CCC(CCC)CC1. The number of hydrogen-bond donors (Lipinski definition) is 1.